The summed E-state index contributed by atoms with van der Waals surface area (Å²) in [5.74, 6) is -1.15. The largest absolute Gasteiger partial charge is 0.476 e. The molecule has 2 rings (SSSR count). The molecule has 0 saturated carbocycles. The zero-order valence-corrected chi connectivity index (χ0v) is 12.0. The fraction of sp³-hybridized carbons (Fsp3) is 0.214. The van der Waals surface area contributed by atoms with Crippen LogP contribution in [0.5, 0.6) is 0 Å². The molecule has 0 radical (unpaired) electrons. The van der Waals surface area contributed by atoms with Crippen molar-refractivity contribution in [1.82, 2.24) is 10.3 Å². The highest BCUT2D eigenvalue weighted by atomic mass is 32.1. The van der Waals surface area contributed by atoms with Crippen LogP contribution >= 0.6 is 11.3 Å². The summed E-state index contributed by atoms with van der Waals surface area (Å²) in [4.78, 5) is 26.3. The van der Waals surface area contributed by atoms with Gasteiger partial charge in [0, 0.05) is 24.0 Å². The molecule has 0 bridgehead atoms. The maximum absolute atomic E-state index is 11.6. The van der Waals surface area contributed by atoms with Crippen LogP contribution in [0.2, 0.25) is 0 Å². The van der Waals surface area contributed by atoms with Crippen LogP contribution in [-0.4, -0.2) is 35.1 Å². The Kier molecular flexibility index (Phi) is 5.28. The average Bonchev–Trinajstić information content (AvgIpc) is 2.95. The van der Waals surface area contributed by atoms with Gasteiger partial charge in [0.2, 0.25) is 5.91 Å². The Labute approximate surface area is 125 Å². The summed E-state index contributed by atoms with van der Waals surface area (Å²) in [6.45, 7) is 0.629. The number of benzene rings is 1. The van der Waals surface area contributed by atoms with Gasteiger partial charge in [0.25, 0.3) is 0 Å². The van der Waals surface area contributed by atoms with E-state index in [1.165, 1.54) is 16.7 Å². The first kappa shape index (κ1) is 15.0. The topological polar surface area (TPSA) is 91.3 Å². The van der Waals surface area contributed by atoms with Gasteiger partial charge in [-0.25, -0.2) is 9.78 Å². The second kappa shape index (κ2) is 7.39. The molecule has 7 heteroatoms. The molecule has 3 N–H and O–H groups in total. The molecular formula is C14H15N3O3S. The molecule has 1 amide bonds. The molecule has 0 aliphatic carbocycles. The first-order chi connectivity index (χ1) is 10.1. The number of aromatic carboxylic acids is 1. The number of hydrogen-bond acceptors (Lipinski definition) is 5. The summed E-state index contributed by atoms with van der Waals surface area (Å²) in [6.07, 6.45) is 0.523. The lowest BCUT2D eigenvalue weighted by Crippen LogP contribution is -2.31. The predicted molar refractivity (Wildman–Crippen MR) is 80.7 cm³/mol. The number of thiazole rings is 1. The molecule has 0 aliphatic heterocycles. The highest BCUT2D eigenvalue weighted by molar-refractivity contribution is 7.09. The normalized spacial score (nSPS) is 10.1. The molecule has 0 unspecified atom stereocenters. The lowest BCUT2D eigenvalue weighted by atomic mass is 10.3. The summed E-state index contributed by atoms with van der Waals surface area (Å²) in [5.41, 5.74) is 0.936. The second-order valence-electron chi connectivity index (χ2n) is 4.25. The van der Waals surface area contributed by atoms with Crippen LogP contribution < -0.4 is 10.6 Å². The van der Waals surface area contributed by atoms with Gasteiger partial charge in [-0.05, 0) is 12.1 Å². The molecule has 1 heterocycles. The van der Waals surface area contributed by atoms with E-state index in [-0.39, 0.29) is 18.1 Å². The number of rotatable bonds is 7. The van der Waals surface area contributed by atoms with Crippen molar-refractivity contribution in [2.75, 3.05) is 18.4 Å². The molecule has 1 aromatic heterocycles. The van der Waals surface area contributed by atoms with Crippen molar-refractivity contribution < 1.29 is 14.7 Å². The Morgan fingerprint density at radius 3 is 2.67 bits per heavy atom. The first-order valence-electron chi connectivity index (χ1n) is 6.38. The third-order valence-electron chi connectivity index (χ3n) is 2.66. The van der Waals surface area contributed by atoms with E-state index in [4.69, 9.17) is 5.11 Å². The molecule has 0 atom stereocenters. The molecule has 110 valence electrons. The number of nitrogens with zero attached hydrogens (tertiary/aromatic N) is 1. The van der Waals surface area contributed by atoms with Gasteiger partial charge in [-0.15, -0.1) is 11.3 Å². The van der Waals surface area contributed by atoms with Gasteiger partial charge in [-0.3, -0.25) is 4.79 Å². The monoisotopic (exact) mass is 305 g/mol. The molecule has 1 aromatic carbocycles. The average molecular weight is 305 g/mol. The van der Waals surface area contributed by atoms with Crippen LogP contribution in [0, 0.1) is 0 Å². The fourth-order valence-corrected chi connectivity index (χ4v) is 2.41. The zero-order valence-electron chi connectivity index (χ0n) is 11.2. The number of carboxylic acid groups (broad SMARTS) is 1. The molecule has 0 fully saturated rings. The van der Waals surface area contributed by atoms with Crippen LogP contribution in [0.4, 0.5) is 5.69 Å². The van der Waals surface area contributed by atoms with Gasteiger partial charge in [-0.1, -0.05) is 18.2 Å². The number of nitrogens with one attached hydrogen (secondary N) is 2. The summed E-state index contributed by atoms with van der Waals surface area (Å²) >= 11 is 1.28. The van der Waals surface area contributed by atoms with Crippen LogP contribution in [0.1, 0.15) is 15.5 Å². The van der Waals surface area contributed by atoms with Crippen molar-refractivity contribution in [3.63, 3.8) is 0 Å². The number of carboxylic acids is 1. The smallest absolute Gasteiger partial charge is 0.355 e. The Bertz CT molecular complexity index is 613. The Hall–Kier alpha value is -2.41. The summed E-state index contributed by atoms with van der Waals surface area (Å²) in [5, 5.41) is 16.7. The van der Waals surface area contributed by atoms with Crippen molar-refractivity contribution in [1.29, 1.82) is 0 Å². The number of aromatic nitrogens is 1. The molecule has 0 aliphatic rings. The van der Waals surface area contributed by atoms with Crippen LogP contribution in [0.25, 0.3) is 0 Å². The maximum atomic E-state index is 11.6. The van der Waals surface area contributed by atoms with Crippen LogP contribution in [-0.2, 0) is 11.2 Å². The molecule has 6 nitrogen and oxygen atoms in total. The number of amides is 1. The first-order valence-corrected chi connectivity index (χ1v) is 7.26. The summed E-state index contributed by atoms with van der Waals surface area (Å²) < 4.78 is 0. The minimum Gasteiger partial charge on any atom is -0.476 e. The lowest BCUT2D eigenvalue weighted by Gasteiger charge is -2.06. The zero-order chi connectivity index (χ0) is 15.1. The van der Waals surface area contributed by atoms with Gasteiger partial charge >= 0.3 is 5.97 Å². The van der Waals surface area contributed by atoms with E-state index in [2.05, 4.69) is 15.6 Å². The SMILES string of the molecule is O=C(CNc1ccccc1)NCCc1nc(C(=O)O)cs1. The number of para-hydroxylation sites is 1. The number of carbonyl (C=O) groups is 2. The standard InChI is InChI=1S/C14H15N3O3S/c18-12(8-16-10-4-2-1-3-5-10)15-7-6-13-17-11(9-21-13)14(19)20/h1-5,9,16H,6-8H2,(H,15,18)(H,19,20). The quantitative estimate of drug-likeness (QED) is 0.723. The van der Waals surface area contributed by atoms with Crippen molar-refractivity contribution in [3.8, 4) is 0 Å². The lowest BCUT2D eigenvalue weighted by molar-refractivity contribution is -0.119. The summed E-state index contributed by atoms with van der Waals surface area (Å²) in [6, 6.07) is 9.46. The van der Waals surface area contributed by atoms with Crippen molar-refractivity contribution >= 4 is 28.9 Å². The van der Waals surface area contributed by atoms with Gasteiger partial charge < -0.3 is 15.7 Å². The second-order valence-corrected chi connectivity index (χ2v) is 5.19. The van der Waals surface area contributed by atoms with Crippen molar-refractivity contribution in [3.05, 3.63) is 46.4 Å². The van der Waals surface area contributed by atoms with Crippen LogP contribution in [0.3, 0.4) is 0 Å². The number of anilines is 1. The maximum Gasteiger partial charge on any atom is 0.355 e. The van der Waals surface area contributed by atoms with Crippen LogP contribution in [0.15, 0.2) is 35.7 Å². The number of hydrogen-bond donors (Lipinski definition) is 3. The predicted octanol–water partition coefficient (Wildman–Crippen LogP) is 1.61. The molecule has 0 saturated heterocycles. The van der Waals surface area contributed by atoms with E-state index < -0.39 is 5.97 Å². The molecule has 2 aromatic rings. The highest BCUT2D eigenvalue weighted by Crippen LogP contribution is 2.09. The van der Waals surface area contributed by atoms with Crippen molar-refractivity contribution in [2.24, 2.45) is 0 Å². The minimum absolute atomic E-state index is 0.0482. The Balaban J connectivity index is 1.68. The third-order valence-corrected chi connectivity index (χ3v) is 3.57. The van der Waals surface area contributed by atoms with E-state index in [1.807, 2.05) is 30.3 Å². The molecular weight excluding hydrogens is 290 g/mol. The fourth-order valence-electron chi connectivity index (χ4n) is 1.63. The van der Waals surface area contributed by atoms with Gasteiger partial charge in [0.05, 0.1) is 11.6 Å². The highest BCUT2D eigenvalue weighted by Gasteiger charge is 2.08. The van der Waals surface area contributed by atoms with Gasteiger partial charge in [0.1, 0.15) is 0 Å². The van der Waals surface area contributed by atoms with E-state index in [0.29, 0.717) is 18.0 Å². The minimum atomic E-state index is -1.03. The Morgan fingerprint density at radius 1 is 1.24 bits per heavy atom. The molecule has 21 heavy (non-hydrogen) atoms. The van der Waals surface area contributed by atoms with E-state index >= 15 is 0 Å². The van der Waals surface area contributed by atoms with Gasteiger partial charge in [-0.2, -0.15) is 0 Å². The Morgan fingerprint density at radius 2 is 2.00 bits per heavy atom. The van der Waals surface area contributed by atoms with E-state index in [9.17, 15) is 9.59 Å². The van der Waals surface area contributed by atoms with Crippen molar-refractivity contribution in [2.45, 2.75) is 6.42 Å². The summed E-state index contributed by atoms with van der Waals surface area (Å²) in [7, 11) is 0. The van der Waals surface area contributed by atoms with E-state index in [0.717, 1.165) is 5.69 Å². The van der Waals surface area contributed by atoms with Gasteiger partial charge in [0.15, 0.2) is 5.69 Å². The molecule has 0 spiro atoms. The van der Waals surface area contributed by atoms with E-state index in [1.54, 1.807) is 0 Å². The number of carbonyl (C=O) groups excluding carboxylic acids is 1. The third kappa shape index (κ3) is 4.88.